The Balaban J connectivity index is 1.76. The maximum Gasteiger partial charge on any atom is 0.329 e. The van der Waals surface area contributed by atoms with Crippen molar-refractivity contribution in [2.24, 2.45) is 35.5 Å². The van der Waals surface area contributed by atoms with Crippen molar-refractivity contribution in [1.82, 2.24) is 4.90 Å². The van der Waals surface area contributed by atoms with E-state index >= 15 is 0 Å². The number of hydrogen-bond acceptors (Lipinski definition) is 14. The molecule has 1 unspecified atom stereocenters. The third-order valence-electron chi connectivity index (χ3n) is 15.0. The van der Waals surface area contributed by atoms with Gasteiger partial charge in [0, 0.05) is 58.5 Å². The minimum atomic E-state index is -2.43. The molecule has 0 aromatic heterocycles. The molecule has 1 amide bonds. The number of rotatable bonds is 9. The Morgan fingerprint density at radius 3 is 2.19 bits per heavy atom. The molecule has 0 spiro atoms. The first-order valence-corrected chi connectivity index (χ1v) is 29.2. The summed E-state index contributed by atoms with van der Waals surface area (Å²) in [4.78, 5) is 77.9. The van der Waals surface area contributed by atoms with Crippen LogP contribution in [0.3, 0.4) is 0 Å². The second kappa shape index (κ2) is 27.2. The van der Waals surface area contributed by atoms with E-state index in [2.05, 4.69) is 6.92 Å². The van der Waals surface area contributed by atoms with Crippen molar-refractivity contribution in [3.63, 3.8) is 0 Å². The molecule has 70 heavy (non-hydrogen) atoms. The number of cyclic esters (lactones) is 1. The van der Waals surface area contributed by atoms with Crippen molar-refractivity contribution in [2.45, 2.75) is 200 Å². The molecule has 1 saturated carbocycles. The van der Waals surface area contributed by atoms with Crippen LogP contribution in [0.2, 0.25) is 19.6 Å². The van der Waals surface area contributed by atoms with E-state index in [4.69, 9.17) is 33.0 Å². The normalized spacial score (nSPS) is 37.4. The van der Waals surface area contributed by atoms with E-state index in [1.165, 1.54) is 12.0 Å². The summed E-state index contributed by atoms with van der Waals surface area (Å²) in [6.45, 7) is 19.4. The zero-order valence-corrected chi connectivity index (χ0v) is 45.5. The standard InChI is InChI=1S/C54H87NO14Si/c1-33-19-15-14-16-20-34(2)45(63-8)31-41-24-22-39(7)54(61,67-41)51(58)52(59)55-26-18-17-21-42(55)53(60)66-46(36(4)29-40-23-25-44(68-62)47(30-40)64-9)32-43(56)35(3)28-38(6)49(69-70(11,12)13)50(65-10)48(57)37(5)27-33/h14-16,19-20,28,33,35-37,39-42,44-47,49-50,61-62H,17-18,21-27,29-32H2,1-13H3/b16-14?,19-15+,34-20?,38-28+/t33-,35-,36-,37-,39-,40+,41+,42+,44-,45+,46?,47-,49-,50+,54-/m1/s1. The number of allylic oxidation sites excluding steroid dienone is 6. The van der Waals surface area contributed by atoms with Gasteiger partial charge in [0.1, 0.15) is 30.1 Å². The minimum Gasteiger partial charge on any atom is -0.460 e. The third kappa shape index (κ3) is 16.2. The smallest absolute Gasteiger partial charge is 0.329 e. The van der Waals surface area contributed by atoms with Gasteiger partial charge in [-0.05, 0) is 127 Å². The molecule has 15 nitrogen and oxygen atoms in total. The van der Waals surface area contributed by atoms with E-state index in [1.54, 1.807) is 28.1 Å². The first-order valence-electron chi connectivity index (χ1n) is 25.8. The van der Waals surface area contributed by atoms with Gasteiger partial charge < -0.3 is 38.1 Å². The van der Waals surface area contributed by atoms with Crippen LogP contribution in [0.5, 0.6) is 0 Å². The fourth-order valence-corrected chi connectivity index (χ4v) is 11.8. The van der Waals surface area contributed by atoms with Crippen molar-refractivity contribution in [1.29, 1.82) is 0 Å². The summed E-state index contributed by atoms with van der Waals surface area (Å²) in [5, 5.41) is 21.5. The average Bonchev–Trinajstić information content (AvgIpc) is 3.32. The van der Waals surface area contributed by atoms with Crippen molar-refractivity contribution >= 4 is 37.5 Å². The highest BCUT2D eigenvalue weighted by Crippen LogP contribution is 2.38. The quantitative estimate of drug-likeness (QED) is 0.0557. The number of nitrogens with zero attached hydrogens (tertiary/aromatic N) is 1. The molecular weight excluding hydrogens is 915 g/mol. The van der Waals surface area contributed by atoms with Crippen LogP contribution in [-0.4, -0.2) is 135 Å². The van der Waals surface area contributed by atoms with Gasteiger partial charge in [0.25, 0.3) is 11.7 Å². The number of fused-ring (bicyclic) bond motifs is 3. The van der Waals surface area contributed by atoms with Gasteiger partial charge >= 0.3 is 5.97 Å². The summed E-state index contributed by atoms with van der Waals surface area (Å²) < 4.78 is 36.7. The first kappa shape index (κ1) is 59.4. The summed E-state index contributed by atoms with van der Waals surface area (Å²) in [6.07, 6.45) is 12.6. The number of methoxy groups -OCH3 is 3. The lowest BCUT2D eigenvalue weighted by molar-refractivity contribution is -0.306. The number of carbonyl (C=O) groups is 5. The Labute approximate surface area is 419 Å². The molecule has 3 fully saturated rings. The zero-order chi connectivity index (χ0) is 52.1. The summed E-state index contributed by atoms with van der Waals surface area (Å²) >= 11 is 0. The number of amides is 1. The Morgan fingerprint density at radius 1 is 0.829 bits per heavy atom. The lowest BCUT2D eigenvalue weighted by atomic mass is 9.78. The molecule has 0 aromatic carbocycles. The van der Waals surface area contributed by atoms with Crippen molar-refractivity contribution in [2.75, 3.05) is 27.9 Å². The Bertz CT molecular complexity index is 1890. The second-order valence-electron chi connectivity index (χ2n) is 21.9. The van der Waals surface area contributed by atoms with E-state index < -0.39 is 86.3 Å². The molecule has 1 aliphatic carbocycles. The largest absolute Gasteiger partial charge is 0.460 e. The van der Waals surface area contributed by atoms with Gasteiger partial charge in [0.2, 0.25) is 5.79 Å². The highest BCUT2D eigenvalue weighted by molar-refractivity contribution is 6.69. The molecule has 16 heteroatoms. The van der Waals surface area contributed by atoms with Gasteiger partial charge in [-0.3, -0.25) is 24.4 Å². The summed E-state index contributed by atoms with van der Waals surface area (Å²) in [7, 11) is 2.38. The molecule has 0 radical (unpaired) electrons. The summed E-state index contributed by atoms with van der Waals surface area (Å²) in [5.41, 5.74) is 1.57. The van der Waals surface area contributed by atoms with Gasteiger partial charge in [-0.2, -0.15) is 0 Å². The molecule has 396 valence electrons. The lowest BCUT2D eigenvalue weighted by Crippen LogP contribution is -2.61. The molecule has 3 aliphatic heterocycles. The van der Waals surface area contributed by atoms with Crippen molar-refractivity contribution in [3.8, 4) is 0 Å². The maximum atomic E-state index is 14.5. The van der Waals surface area contributed by atoms with Crippen LogP contribution in [0.1, 0.15) is 126 Å². The number of carbonyl (C=O) groups excluding carboxylic acids is 5. The van der Waals surface area contributed by atoms with Crippen molar-refractivity contribution in [3.05, 3.63) is 47.6 Å². The van der Waals surface area contributed by atoms with E-state index in [-0.39, 0.29) is 60.7 Å². The average molecular weight is 1000 g/mol. The number of esters is 1. The van der Waals surface area contributed by atoms with Crippen molar-refractivity contribution < 1.29 is 67.3 Å². The molecule has 2 saturated heterocycles. The molecular formula is C54H87NO14Si. The Hall–Kier alpha value is -3.19. The Kier molecular flexibility index (Phi) is 23.1. The second-order valence-corrected chi connectivity index (χ2v) is 26.3. The molecule has 2 N–H and O–H groups in total. The van der Waals surface area contributed by atoms with Crippen LogP contribution in [-0.2, 0) is 57.0 Å². The molecule has 2 bridgehead atoms. The SMILES string of the molecule is CO[C@H]1C[C@@H]2CC[C@@H](C)[C@@](O)(O2)C(=O)C(=O)N2CCCC[C@H]2C(=O)OC([C@H](C)C[C@@H]2CC[C@@H](OO)[C@H](OC)C2)CC(=O)[C@H](C)/C=C(\C)[C@@H](O[Si](C)(C)C)[C@@H](OC)C(=O)[C@H](C)C[C@H](C)/C=C/C=CC=C1C. The predicted octanol–water partition coefficient (Wildman–Crippen LogP) is 8.54. The summed E-state index contributed by atoms with van der Waals surface area (Å²) in [5.74, 6) is -7.56. The minimum absolute atomic E-state index is 0.0509. The van der Waals surface area contributed by atoms with Crippen LogP contribution in [0, 0.1) is 35.5 Å². The first-order chi connectivity index (χ1) is 33.0. The van der Waals surface area contributed by atoms with Crippen LogP contribution in [0.15, 0.2) is 47.6 Å². The molecule has 15 atom stereocenters. The van der Waals surface area contributed by atoms with Gasteiger partial charge in [0.05, 0.1) is 24.4 Å². The molecule has 0 aromatic rings. The van der Waals surface area contributed by atoms with Gasteiger partial charge in [-0.25, -0.2) is 9.68 Å². The maximum absolute atomic E-state index is 14.5. The van der Waals surface area contributed by atoms with E-state index in [0.29, 0.717) is 69.8 Å². The number of aliphatic hydroxyl groups is 1. The monoisotopic (exact) mass is 1000 g/mol. The van der Waals surface area contributed by atoms with E-state index in [0.717, 1.165) is 5.57 Å². The Morgan fingerprint density at radius 2 is 1.54 bits per heavy atom. The highest BCUT2D eigenvalue weighted by atomic mass is 28.4. The zero-order valence-electron chi connectivity index (χ0n) is 44.5. The van der Waals surface area contributed by atoms with Crippen LogP contribution < -0.4 is 0 Å². The fourth-order valence-electron chi connectivity index (χ4n) is 10.7. The van der Waals surface area contributed by atoms with Crippen LogP contribution >= 0.6 is 0 Å². The lowest BCUT2D eigenvalue weighted by Gasteiger charge is -2.42. The number of ketones is 3. The van der Waals surface area contributed by atoms with Crippen LogP contribution in [0.25, 0.3) is 0 Å². The van der Waals surface area contributed by atoms with Gasteiger partial charge in [-0.15, -0.1) is 0 Å². The number of hydrogen-bond donors (Lipinski definition) is 2. The number of Topliss-reactive ketones (excluding diaryl/α,β-unsaturated/α-hetero) is 3. The topological polar surface area (TPSA) is 194 Å². The summed E-state index contributed by atoms with van der Waals surface area (Å²) in [6, 6.07) is -1.14. The van der Waals surface area contributed by atoms with Crippen LogP contribution in [0.4, 0.5) is 0 Å². The molecule has 4 aliphatic rings. The predicted molar refractivity (Wildman–Crippen MR) is 269 cm³/mol. The fraction of sp³-hybridized carbons (Fsp3) is 0.759. The van der Waals surface area contributed by atoms with E-state index in [1.807, 2.05) is 83.8 Å². The van der Waals surface area contributed by atoms with Gasteiger partial charge in [-0.1, -0.05) is 71.1 Å². The highest BCUT2D eigenvalue weighted by Gasteiger charge is 2.53. The molecule has 4 rings (SSSR count). The van der Waals surface area contributed by atoms with E-state index in [9.17, 15) is 34.3 Å². The third-order valence-corrected chi connectivity index (χ3v) is 16.0. The number of ether oxygens (including phenoxy) is 5. The van der Waals surface area contributed by atoms with Gasteiger partial charge in [0.15, 0.2) is 14.1 Å². The number of piperidine rings is 1. The molecule has 3 heterocycles.